The second-order valence-electron chi connectivity index (χ2n) is 8.15. The van der Waals surface area contributed by atoms with E-state index in [2.05, 4.69) is 29.5 Å². The highest BCUT2D eigenvalue weighted by molar-refractivity contribution is 6.36. The lowest BCUT2D eigenvalue weighted by atomic mass is 9.84. The molecule has 0 spiro atoms. The van der Waals surface area contributed by atoms with Gasteiger partial charge in [0.05, 0.1) is 17.3 Å². The number of benzene rings is 1. The Hall–Kier alpha value is -1.78. The zero-order valence-corrected chi connectivity index (χ0v) is 17.8. The maximum Gasteiger partial charge on any atom is 0.120 e. The Kier molecular flexibility index (Phi) is 4.52. The van der Waals surface area contributed by atoms with Crippen LogP contribution in [0.25, 0.3) is 22.3 Å². The van der Waals surface area contributed by atoms with Gasteiger partial charge in [-0.05, 0) is 56.4 Å². The monoisotopic (exact) mass is 414 g/mol. The van der Waals surface area contributed by atoms with Gasteiger partial charge in [0.2, 0.25) is 0 Å². The molecule has 6 heteroatoms. The minimum Gasteiger partial charge on any atom is -0.365 e. The third-order valence-electron chi connectivity index (χ3n) is 6.27. The van der Waals surface area contributed by atoms with E-state index >= 15 is 0 Å². The summed E-state index contributed by atoms with van der Waals surface area (Å²) in [7, 11) is 0. The van der Waals surface area contributed by atoms with Crippen molar-refractivity contribution in [3.05, 3.63) is 40.0 Å². The maximum atomic E-state index is 6.52. The Balaban J connectivity index is 1.70. The molecule has 3 heterocycles. The minimum atomic E-state index is 0.464. The standard InChI is InChI=1S/C22H24Cl2N4/c1-3-16-12-28-22-19(27(16)11-14-5-4-6-14)9-13(2)25-21(22)20(26-28)17-8-7-15(23)10-18(17)24/h7-10,14,16H,3-6,11-12H2,1-2H3/t16-/m0/s1. The van der Waals surface area contributed by atoms with Gasteiger partial charge in [0, 0.05) is 28.9 Å². The van der Waals surface area contributed by atoms with E-state index in [1.807, 2.05) is 12.1 Å². The summed E-state index contributed by atoms with van der Waals surface area (Å²) in [6.45, 7) is 6.37. The van der Waals surface area contributed by atoms with Crippen LogP contribution in [0.3, 0.4) is 0 Å². The van der Waals surface area contributed by atoms with Crippen LogP contribution in [0.2, 0.25) is 10.0 Å². The van der Waals surface area contributed by atoms with E-state index in [4.69, 9.17) is 33.3 Å². The van der Waals surface area contributed by atoms with Gasteiger partial charge >= 0.3 is 0 Å². The minimum absolute atomic E-state index is 0.464. The van der Waals surface area contributed by atoms with Crippen LogP contribution in [0.1, 0.15) is 38.3 Å². The van der Waals surface area contributed by atoms with E-state index < -0.39 is 0 Å². The molecule has 0 amide bonds. The maximum absolute atomic E-state index is 6.52. The molecular formula is C22H24Cl2N4. The van der Waals surface area contributed by atoms with E-state index in [9.17, 15) is 0 Å². The van der Waals surface area contributed by atoms with Gasteiger partial charge in [-0.15, -0.1) is 0 Å². The molecule has 28 heavy (non-hydrogen) atoms. The van der Waals surface area contributed by atoms with Crippen LogP contribution < -0.4 is 4.90 Å². The number of aryl methyl sites for hydroxylation is 1. The molecule has 1 aliphatic heterocycles. The van der Waals surface area contributed by atoms with Crippen molar-refractivity contribution in [1.82, 2.24) is 14.8 Å². The number of hydrogen-bond donors (Lipinski definition) is 0. The van der Waals surface area contributed by atoms with Gasteiger partial charge in [0.25, 0.3) is 0 Å². The molecular weight excluding hydrogens is 391 g/mol. The molecule has 1 saturated carbocycles. The molecule has 4 nitrogen and oxygen atoms in total. The van der Waals surface area contributed by atoms with Crippen molar-refractivity contribution in [2.75, 3.05) is 11.4 Å². The Labute approximate surface area is 175 Å². The van der Waals surface area contributed by atoms with Gasteiger partial charge in [-0.2, -0.15) is 5.10 Å². The largest absolute Gasteiger partial charge is 0.365 e. The summed E-state index contributed by atoms with van der Waals surface area (Å²) in [4.78, 5) is 7.50. The first-order chi connectivity index (χ1) is 13.5. The number of halogens is 2. The Morgan fingerprint density at radius 2 is 2.00 bits per heavy atom. The third kappa shape index (κ3) is 2.89. The van der Waals surface area contributed by atoms with Crippen LogP contribution in [0, 0.1) is 12.8 Å². The van der Waals surface area contributed by atoms with Gasteiger partial charge in [-0.3, -0.25) is 4.68 Å². The van der Waals surface area contributed by atoms with Crippen molar-refractivity contribution < 1.29 is 0 Å². The average molecular weight is 415 g/mol. The highest BCUT2D eigenvalue weighted by atomic mass is 35.5. The smallest absolute Gasteiger partial charge is 0.120 e. The molecule has 0 saturated heterocycles. The fraction of sp³-hybridized carbons (Fsp3) is 0.455. The molecule has 146 valence electrons. The fourth-order valence-electron chi connectivity index (χ4n) is 4.55. The van der Waals surface area contributed by atoms with Gasteiger partial charge in [-0.25, -0.2) is 4.98 Å². The molecule has 1 fully saturated rings. The molecule has 2 aliphatic rings. The summed E-state index contributed by atoms with van der Waals surface area (Å²) >= 11 is 12.6. The van der Waals surface area contributed by atoms with E-state index in [1.165, 1.54) is 24.9 Å². The van der Waals surface area contributed by atoms with Crippen LogP contribution in [0.15, 0.2) is 24.3 Å². The number of rotatable bonds is 4. The first-order valence-corrected chi connectivity index (χ1v) is 10.9. The molecule has 0 bridgehead atoms. The highest BCUT2D eigenvalue weighted by Crippen LogP contribution is 2.41. The Morgan fingerprint density at radius 3 is 2.68 bits per heavy atom. The Morgan fingerprint density at radius 1 is 1.18 bits per heavy atom. The second kappa shape index (κ2) is 6.93. The zero-order chi connectivity index (χ0) is 19.4. The van der Waals surface area contributed by atoms with Crippen molar-refractivity contribution >= 4 is 39.9 Å². The fourth-order valence-corrected chi connectivity index (χ4v) is 5.04. The predicted octanol–water partition coefficient (Wildman–Crippen LogP) is 6.11. The lowest BCUT2D eigenvalue weighted by Crippen LogP contribution is -2.45. The molecule has 0 unspecified atom stereocenters. The van der Waals surface area contributed by atoms with Crippen molar-refractivity contribution in [2.45, 2.75) is 52.1 Å². The van der Waals surface area contributed by atoms with E-state index in [1.54, 1.807) is 6.07 Å². The van der Waals surface area contributed by atoms with Gasteiger partial charge in [-0.1, -0.05) is 36.5 Å². The van der Waals surface area contributed by atoms with Crippen molar-refractivity contribution in [3.8, 4) is 11.3 Å². The first-order valence-electron chi connectivity index (χ1n) is 10.2. The predicted molar refractivity (Wildman–Crippen MR) is 116 cm³/mol. The summed E-state index contributed by atoms with van der Waals surface area (Å²) in [5.41, 5.74) is 6.10. The molecule has 1 atom stereocenters. The van der Waals surface area contributed by atoms with Crippen molar-refractivity contribution in [1.29, 1.82) is 0 Å². The summed E-state index contributed by atoms with van der Waals surface area (Å²) in [5, 5.41) is 6.21. The number of anilines is 1. The zero-order valence-electron chi connectivity index (χ0n) is 16.3. The Bertz CT molecular complexity index is 1050. The van der Waals surface area contributed by atoms with Gasteiger partial charge in [0.1, 0.15) is 16.7 Å². The van der Waals surface area contributed by atoms with E-state index in [0.29, 0.717) is 16.1 Å². The molecule has 1 aliphatic carbocycles. The molecule has 0 N–H and O–H groups in total. The molecule has 5 rings (SSSR count). The van der Waals surface area contributed by atoms with E-state index in [0.717, 1.165) is 53.4 Å². The lowest BCUT2D eigenvalue weighted by Gasteiger charge is -2.41. The molecule has 3 aromatic rings. The van der Waals surface area contributed by atoms with Gasteiger partial charge < -0.3 is 4.90 Å². The van der Waals surface area contributed by atoms with Crippen LogP contribution in [0.4, 0.5) is 5.69 Å². The van der Waals surface area contributed by atoms with Gasteiger partial charge in [0.15, 0.2) is 0 Å². The number of aromatic nitrogens is 3. The summed E-state index contributed by atoms with van der Waals surface area (Å²) < 4.78 is 2.14. The summed E-state index contributed by atoms with van der Waals surface area (Å²) in [5.74, 6) is 0.817. The summed E-state index contributed by atoms with van der Waals surface area (Å²) in [6, 6.07) is 8.28. The van der Waals surface area contributed by atoms with Crippen molar-refractivity contribution in [2.24, 2.45) is 5.92 Å². The lowest BCUT2D eigenvalue weighted by molar-refractivity contribution is 0.301. The molecule has 1 aromatic carbocycles. The number of pyridine rings is 1. The summed E-state index contributed by atoms with van der Waals surface area (Å²) in [6.07, 6.45) is 5.18. The quantitative estimate of drug-likeness (QED) is 0.515. The SMILES string of the molecule is CC[C@H]1Cn2nc(-c3ccc(Cl)cc3Cl)c3nc(C)cc(c32)N1CC1CCC1. The van der Waals surface area contributed by atoms with Crippen LogP contribution >= 0.6 is 23.2 Å². The normalized spacial score (nSPS) is 19.3. The third-order valence-corrected chi connectivity index (χ3v) is 6.82. The average Bonchev–Trinajstić information content (AvgIpc) is 2.97. The number of nitrogens with zero attached hydrogens (tertiary/aromatic N) is 4. The molecule has 0 radical (unpaired) electrons. The topological polar surface area (TPSA) is 34.0 Å². The first kappa shape index (κ1) is 18.3. The van der Waals surface area contributed by atoms with Crippen molar-refractivity contribution in [3.63, 3.8) is 0 Å². The highest BCUT2D eigenvalue weighted by Gasteiger charge is 2.33. The van der Waals surface area contributed by atoms with Crippen LogP contribution in [-0.4, -0.2) is 27.4 Å². The van der Waals surface area contributed by atoms with Crippen LogP contribution in [0.5, 0.6) is 0 Å². The van der Waals surface area contributed by atoms with Crippen LogP contribution in [-0.2, 0) is 6.54 Å². The second-order valence-corrected chi connectivity index (χ2v) is 8.99. The van der Waals surface area contributed by atoms with E-state index in [-0.39, 0.29) is 0 Å². The number of hydrogen-bond acceptors (Lipinski definition) is 3. The molecule has 2 aromatic heterocycles.